The zero-order valence-electron chi connectivity index (χ0n) is 26.5. The maximum atomic E-state index is 14.8. The SMILES string of the molecule is CCOC(=O)C12C(=O)CCC1N2C(=O)O[C@@H]1[C@H](N(c2c(C)cc(C)cc2C)S(=O)(=O)c2ccccc2)[C@H]2CC[C@]1(C)C2(C)C. The molecule has 4 fully saturated rings. The zero-order chi connectivity index (χ0) is 32.0. The zero-order valence-corrected chi connectivity index (χ0v) is 27.4. The summed E-state index contributed by atoms with van der Waals surface area (Å²) < 4.78 is 42.7. The Morgan fingerprint density at radius 1 is 1.02 bits per heavy atom. The number of Topliss-reactive ketones (excluding diaryl/α,β-unsaturated/α-hetero) is 1. The van der Waals surface area contributed by atoms with Gasteiger partial charge in [-0.25, -0.2) is 18.0 Å². The minimum absolute atomic E-state index is 0.0870. The number of benzene rings is 2. The van der Waals surface area contributed by atoms with Gasteiger partial charge >= 0.3 is 12.1 Å². The van der Waals surface area contributed by atoms with E-state index in [9.17, 15) is 22.8 Å². The Morgan fingerprint density at radius 3 is 2.27 bits per heavy atom. The van der Waals surface area contributed by atoms with E-state index in [0.29, 0.717) is 12.1 Å². The van der Waals surface area contributed by atoms with E-state index in [0.717, 1.165) is 29.5 Å². The second-order valence-corrected chi connectivity index (χ2v) is 15.6. The predicted molar refractivity (Wildman–Crippen MR) is 165 cm³/mol. The van der Waals surface area contributed by atoms with Crippen molar-refractivity contribution < 1.29 is 32.3 Å². The van der Waals surface area contributed by atoms with E-state index < -0.39 is 51.2 Å². The summed E-state index contributed by atoms with van der Waals surface area (Å²) in [5.74, 6) is -1.19. The number of nitrogens with zero attached hydrogens (tertiary/aromatic N) is 2. The van der Waals surface area contributed by atoms with Crippen LogP contribution in [-0.2, 0) is 29.1 Å². The molecule has 0 radical (unpaired) electrons. The quantitative estimate of drug-likeness (QED) is 0.228. The third-order valence-electron chi connectivity index (χ3n) is 11.3. The van der Waals surface area contributed by atoms with Crippen LogP contribution in [0.2, 0.25) is 0 Å². The lowest BCUT2D eigenvalue weighted by molar-refractivity contribution is -0.150. The molecule has 2 bridgehead atoms. The smallest absolute Gasteiger partial charge is 0.411 e. The molecular weight excluding hydrogens is 580 g/mol. The van der Waals surface area contributed by atoms with Gasteiger partial charge in [0.15, 0.2) is 5.78 Å². The minimum Gasteiger partial charge on any atom is -0.464 e. The number of fused-ring (bicyclic) bond motifs is 3. The van der Waals surface area contributed by atoms with Crippen molar-refractivity contribution in [2.75, 3.05) is 10.9 Å². The Bertz CT molecular complexity index is 1630. The van der Waals surface area contributed by atoms with Crippen LogP contribution in [0.5, 0.6) is 0 Å². The maximum Gasteiger partial charge on any atom is 0.411 e. The second kappa shape index (κ2) is 10.1. The van der Waals surface area contributed by atoms with Crippen molar-refractivity contribution in [3.05, 3.63) is 59.2 Å². The summed E-state index contributed by atoms with van der Waals surface area (Å²) in [6.07, 6.45) is 0.465. The Balaban J connectivity index is 1.48. The van der Waals surface area contributed by atoms with Gasteiger partial charge in [0.05, 0.1) is 29.3 Å². The summed E-state index contributed by atoms with van der Waals surface area (Å²) >= 11 is 0. The highest BCUT2D eigenvalue weighted by atomic mass is 32.2. The van der Waals surface area contributed by atoms with E-state index in [-0.39, 0.29) is 35.0 Å². The molecule has 2 aromatic rings. The lowest BCUT2D eigenvalue weighted by Crippen LogP contribution is -2.55. The van der Waals surface area contributed by atoms with Gasteiger partial charge in [-0.05, 0) is 81.5 Å². The van der Waals surface area contributed by atoms with E-state index in [1.54, 1.807) is 37.3 Å². The van der Waals surface area contributed by atoms with Crippen molar-refractivity contribution in [2.24, 2.45) is 16.7 Å². The molecule has 0 aromatic heterocycles. The standard InChI is InChI=1S/C34H42N2O7S/c1-8-42-30(38)34-25(14-15-26(34)37)35(34)31(39)43-29-28(24-16-17-33(29,7)32(24,5)6)36(27-21(3)18-20(2)19-22(27)4)44(40,41)23-12-10-9-11-13-23/h9-13,18-19,24-25,28-29H,8,14-17H2,1-7H3/t24-,25?,28-,29-,33+,34?,35?/m1/s1. The third-order valence-corrected chi connectivity index (χ3v) is 13.1. The largest absolute Gasteiger partial charge is 0.464 e. The van der Waals surface area contributed by atoms with Gasteiger partial charge in [0.2, 0.25) is 5.54 Å². The van der Waals surface area contributed by atoms with Gasteiger partial charge in [-0.1, -0.05) is 56.7 Å². The first-order valence-corrected chi connectivity index (χ1v) is 17.0. The van der Waals surface area contributed by atoms with Crippen molar-refractivity contribution in [1.82, 2.24) is 4.90 Å². The highest BCUT2D eigenvalue weighted by molar-refractivity contribution is 7.92. The normalized spacial score (nSPS) is 31.5. The monoisotopic (exact) mass is 622 g/mol. The number of esters is 1. The first-order valence-electron chi connectivity index (χ1n) is 15.5. The molecule has 6 atom stereocenters. The molecule has 0 spiro atoms. The molecule has 2 unspecified atom stereocenters. The molecule has 0 N–H and O–H groups in total. The summed E-state index contributed by atoms with van der Waals surface area (Å²) in [6.45, 7) is 13.9. The van der Waals surface area contributed by atoms with E-state index in [1.807, 2.05) is 32.9 Å². The fourth-order valence-corrected chi connectivity index (χ4v) is 10.7. The molecule has 1 amide bonds. The number of hydrogen-bond donors (Lipinski definition) is 0. The van der Waals surface area contributed by atoms with Gasteiger partial charge in [0.25, 0.3) is 10.0 Å². The average Bonchev–Trinajstić information content (AvgIpc) is 3.38. The number of ketones is 1. The summed E-state index contributed by atoms with van der Waals surface area (Å²) in [7, 11) is -4.12. The van der Waals surface area contributed by atoms with Crippen LogP contribution < -0.4 is 4.31 Å². The predicted octanol–water partition coefficient (Wildman–Crippen LogP) is 5.49. The topological polar surface area (TPSA) is 110 Å². The van der Waals surface area contributed by atoms with Crippen LogP contribution in [0.3, 0.4) is 0 Å². The second-order valence-electron chi connectivity index (χ2n) is 13.8. The van der Waals surface area contributed by atoms with Crippen LogP contribution in [0.1, 0.15) is 70.1 Å². The Labute approximate surface area is 259 Å². The van der Waals surface area contributed by atoms with Gasteiger partial charge in [0.1, 0.15) is 6.10 Å². The number of amides is 1. The molecule has 2 aromatic carbocycles. The fraction of sp³-hybridized carbons (Fsp3) is 0.559. The van der Waals surface area contributed by atoms with Crippen LogP contribution in [-0.4, -0.2) is 61.5 Å². The van der Waals surface area contributed by atoms with Crippen molar-refractivity contribution >= 4 is 33.6 Å². The molecule has 1 saturated heterocycles. The number of carbonyl (C=O) groups is 3. The maximum absolute atomic E-state index is 14.8. The van der Waals surface area contributed by atoms with Crippen LogP contribution in [0, 0.1) is 37.5 Å². The van der Waals surface area contributed by atoms with Gasteiger partial charge in [-0.3, -0.25) is 14.0 Å². The third kappa shape index (κ3) is 3.95. The van der Waals surface area contributed by atoms with Crippen LogP contribution in [0.25, 0.3) is 0 Å². The van der Waals surface area contributed by atoms with E-state index in [1.165, 1.54) is 9.21 Å². The molecule has 10 heteroatoms. The number of carbonyl (C=O) groups excluding carboxylic acids is 3. The summed E-state index contributed by atoms with van der Waals surface area (Å²) in [6, 6.07) is 11.0. The Hall–Kier alpha value is -3.40. The number of ether oxygens (including phenoxy) is 2. The molecule has 1 heterocycles. The van der Waals surface area contributed by atoms with Gasteiger partial charge < -0.3 is 9.47 Å². The van der Waals surface area contributed by atoms with E-state index >= 15 is 0 Å². The lowest BCUT2D eigenvalue weighted by atomic mass is 9.70. The van der Waals surface area contributed by atoms with Crippen molar-refractivity contribution in [1.29, 1.82) is 0 Å². The molecule has 236 valence electrons. The molecular formula is C34H42N2O7S. The number of hydrogen-bond acceptors (Lipinski definition) is 7. The number of aryl methyl sites for hydroxylation is 3. The highest BCUT2D eigenvalue weighted by Crippen LogP contribution is 2.68. The molecule has 44 heavy (non-hydrogen) atoms. The van der Waals surface area contributed by atoms with Crippen molar-refractivity contribution in [2.45, 2.75) is 103 Å². The van der Waals surface area contributed by atoms with E-state index in [2.05, 4.69) is 20.8 Å². The van der Waals surface area contributed by atoms with Gasteiger partial charge in [0, 0.05) is 11.8 Å². The first-order chi connectivity index (χ1) is 20.6. The van der Waals surface area contributed by atoms with Gasteiger partial charge in [-0.15, -0.1) is 0 Å². The number of piperidine rings is 1. The molecule has 1 aliphatic heterocycles. The lowest BCUT2D eigenvalue weighted by Gasteiger charge is -2.43. The summed E-state index contributed by atoms with van der Waals surface area (Å²) in [5, 5.41) is 0. The van der Waals surface area contributed by atoms with Gasteiger partial charge in [-0.2, -0.15) is 0 Å². The average molecular weight is 623 g/mol. The van der Waals surface area contributed by atoms with E-state index in [4.69, 9.17) is 9.47 Å². The molecule has 3 aliphatic carbocycles. The molecule has 4 aliphatic rings. The molecule has 3 saturated carbocycles. The van der Waals surface area contributed by atoms with Crippen LogP contribution in [0.15, 0.2) is 47.4 Å². The fourth-order valence-electron chi connectivity index (χ4n) is 8.89. The Kier molecular flexibility index (Phi) is 7.00. The molecule has 9 nitrogen and oxygen atoms in total. The summed E-state index contributed by atoms with van der Waals surface area (Å²) in [4.78, 5) is 41.5. The molecule has 6 rings (SSSR count). The number of likely N-dealkylation sites (tertiary alicyclic amines) is 1. The minimum atomic E-state index is -4.12. The highest BCUT2D eigenvalue weighted by Gasteiger charge is 2.80. The first kappa shape index (κ1) is 30.6. The summed E-state index contributed by atoms with van der Waals surface area (Å²) in [5.41, 5.74) is 0.626. The number of anilines is 1. The van der Waals surface area contributed by atoms with Crippen molar-refractivity contribution in [3.63, 3.8) is 0 Å². The Morgan fingerprint density at radius 2 is 1.66 bits per heavy atom. The number of sulfonamides is 1. The van der Waals surface area contributed by atoms with Crippen LogP contribution >= 0.6 is 0 Å². The van der Waals surface area contributed by atoms with Crippen molar-refractivity contribution in [3.8, 4) is 0 Å². The van der Waals surface area contributed by atoms with Crippen LogP contribution in [0.4, 0.5) is 10.5 Å². The number of rotatable bonds is 7.